The van der Waals surface area contributed by atoms with Gasteiger partial charge in [-0.15, -0.1) is 21.5 Å². The van der Waals surface area contributed by atoms with Crippen molar-refractivity contribution in [1.29, 1.82) is 0 Å². The van der Waals surface area contributed by atoms with Gasteiger partial charge in [0.05, 0.1) is 26.7 Å². The second kappa shape index (κ2) is 7.55. The molecule has 1 N–H and O–H groups in total. The summed E-state index contributed by atoms with van der Waals surface area (Å²) in [4.78, 5) is 17.5. The van der Waals surface area contributed by atoms with Crippen molar-refractivity contribution in [2.24, 2.45) is 0 Å². The van der Waals surface area contributed by atoms with Crippen LogP contribution in [0.25, 0.3) is 10.8 Å². The smallest absolute Gasteiger partial charge is 0.277 e. The molecule has 25 heavy (non-hydrogen) atoms. The van der Waals surface area contributed by atoms with Crippen LogP contribution in [0.15, 0.2) is 33.9 Å². The molecule has 130 valence electrons. The number of rotatable bonds is 5. The molecule has 6 nitrogen and oxygen atoms in total. The van der Waals surface area contributed by atoms with Crippen LogP contribution in [0.5, 0.6) is 0 Å². The van der Waals surface area contributed by atoms with Crippen molar-refractivity contribution in [1.82, 2.24) is 15.2 Å². The van der Waals surface area contributed by atoms with Crippen LogP contribution in [-0.2, 0) is 4.79 Å². The maximum Gasteiger partial charge on any atom is 0.277 e. The number of halogens is 1. The molecule has 0 bridgehead atoms. The number of amides is 1. The van der Waals surface area contributed by atoms with E-state index in [1.54, 1.807) is 25.1 Å². The van der Waals surface area contributed by atoms with E-state index >= 15 is 0 Å². The molecular weight excluding hydrogens is 380 g/mol. The number of carbonyl (C=O) groups excluding carboxylic acids is 1. The third kappa shape index (κ3) is 4.20. The van der Waals surface area contributed by atoms with Crippen LogP contribution in [-0.4, -0.2) is 26.3 Å². The number of hydrogen-bond acceptors (Lipinski definition) is 7. The number of aromatic nitrogens is 3. The summed E-state index contributed by atoms with van der Waals surface area (Å²) in [6.45, 7) is 5.59. The van der Waals surface area contributed by atoms with Crippen molar-refractivity contribution in [2.45, 2.75) is 31.2 Å². The first-order valence-electron chi connectivity index (χ1n) is 7.44. The molecule has 0 fully saturated rings. The fourth-order valence-corrected chi connectivity index (χ4v) is 3.79. The Kier molecular flexibility index (Phi) is 5.41. The van der Waals surface area contributed by atoms with Crippen LogP contribution in [0, 0.1) is 13.8 Å². The average molecular weight is 395 g/mol. The lowest BCUT2D eigenvalue weighted by molar-refractivity contribution is -0.115. The summed E-state index contributed by atoms with van der Waals surface area (Å²) in [7, 11) is 0. The van der Waals surface area contributed by atoms with Gasteiger partial charge < -0.3 is 9.73 Å². The van der Waals surface area contributed by atoms with Gasteiger partial charge in [0.2, 0.25) is 5.91 Å². The first-order chi connectivity index (χ1) is 11.9. The fourth-order valence-electron chi connectivity index (χ4n) is 2.08. The summed E-state index contributed by atoms with van der Waals surface area (Å²) in [6.07, 6.45) is 0. The summed E-state index contributed by atoms with van der Waals surface area (Å²) in [6, 6.07) is 7.08. The highest BCUT2D eigenvalue weighted by Gasteiger charge is 2.21. The Hall–Kier alpha value is -1.90. The molecule has 3 aromatic rings. The second-order valence-corrected chi connectivity index (χ2v) is 8.15. The Morgan fingerprint density at radius 3 is 2.76 bits per heavy atom. The number of carbonyl (C=O) groups is 1. The van der Waals surface area contributed by atoms with Gasteiger partial charge in [-0.05, 0) is 32.9 Å². The zero-order valence-corrected chi connectivity index (χ0v) is 16.1. The normalized spacial score (nSPS) is 12.2. The number of thiazole rings is 1. The first kappa shape index (κ1) is 17.9. The van der Waals surface area contributed by atoms with Crippen molar-refractivity contribution >= 4 is 46.3 Å². The molecule has 1 aromatic carbocycles. The maximum atomic E-state index is 12.3. The Morgan fingerprint density at radius 2 is 2.08 bits per heavy atom. The Labute approximate surface area is 158 Å². The number of para-hydroxylation sites is 1. The Bertz CT molecular complexity index is 909. The van der Waals surface area contributed by atoms with Crippen molar-refractivity contribution in [3.8, 4) is 10.8 Å². The standard InChI is InChI=1S/C16H15ClN4O2S2/c1-8-13(25-10(3)18-8)15-20-21-16(23-15)24-9(2)14(22)19-12-7-5-4-6-11(12)17/h4-7,9H,1-3H3,(H,19,22). The highest BCUT2D eigenvalue weighted by Crippen LogP contribution is 2.32. The second-order valence-electron chi connectivity index (χ2n) is 5.25. The molecule has 1 atom stereocenters. The van der Waals surface area contributed by atoms with Crippen LogP contribution in [0.4, 0.5) is 5.69 Å². The predicted octanol–water partition coefficient (Wildman–Crippen LogP) is 4.58. The minimum Gasteiger partial charge on any atom is -0.410 e. The largest absolute Gasteiger partial charge is 0.410 e. The van der Waals surface area contributed by atoms with Crippen molar-refractivity contribution in [3.63, 3.8) is 0 Å². The van der Waals surface area contributed by atoms with E-state index in [1.807, 2.05) is 19.9 Å². The molecule has 1 unspecified atom stereocenters. The zero-order valence-electron chi connectivity index (χ0n) is 13.7. The lowest BCUT2D eigenvalue weighted by Gasteiger charge is -2.10. The number of anilines is 1. The zero-order chi connectivity index (χ0) is 18.0. The Morgan fingerprint density at radius 1 is 1.32 bits per heavy atom. The molecule has 0 aliphatic rings. The van der Waals surface area contributed by atoms with E-state index in [-0.39, 0.29) is 5.91 Å². The summed E-state index contributed by atoms with van der Waals surface area (Å²) in [5, 5.41) is 12.2. The first-order valence-corrected chi connectivity index (χ1v) is 9.51. The summed E-state index contributed by atoms with van der Waals surface area (Å²) >= 11 is 8.75. The number of thioether (sulfide) groups is 1. The van der Waals surface area contributed by atoms with E-state index in [9.17, 15) is 4.79 Å². The number of nitrogens with zero attached hydrogens (tertiary/aromatic N) is 3. The number of benzene rings is 1. The Balaban J connectivity index is 1.67. The molecule has 0 aliphatic carbocycles. The molecule has 9 heteroatoms. The minimum absolute atomic E-state index is 0.192. The molecule has 3 rings (SSSR count). The highest BCUT2D eigenvalue weighted by molar-refractivity contribution is 8.00. The molecule has 1 amide bonds. The van der Waals surface area contributed by atoms with Gasteiger partial charge in [-0.25, -0.2) is 4.98 Å². The van der Waals surface area contributed by atoms with Crippen LogP contribution in [0.3, 0.4) is 0 Å². The highest BCUT2D eigenvalue weighted by atomic mass is 35.5. The molecular formula is C16H15ClN4O2S2. The van der Waals surface area contributed by atoms with Gasteiger partial charge in [0, 0.05) is 0 Å². The van der Waals surface area contributed by atoms with Gasteiger partial charge in [0.15, 0.2) is 0 Å². The third-order valence-corrected chi connectivity index (χ3v) is 5.61. The minimum atomic E-state index is -0.422. The number of hydrogen-bond donors (Lipinski definition) is 1. The van der Waals surface area contributed by atoms with E-state index in [2.05, 4.69) is 20.5 Å². The van der Waals surface area contributed by atoms with Gasteiger partial charge >= 0.3 is 0 Å². The van der Waals surface area contributed by atoms with Gasteiger partial charge in [-0.3, -0.25) is 4.79 Å². The molecule has 0 saturated carbocycles. The lowest BCUT2D eigenvalue weighted by atomic mass is 10.3. The van der Waals surface area contributed by atoms with Crippen LogP contribution < -0.4 is 5.32 Å². The summed E-state index contributed by atoms with van der Waals surface area (Å²) < 4.78 is 5.66. The summed E-state index contributed by atoms with van der Waals surface area (Å²) in [5.41, 5.74) is 1.43. The fraction of sp³-hybridized carbons (Fsp3) is 0.250. The van der Waals surface area contributed by atoms with Crippen LogP contribution in [0.1, 0.15) is 17.6 Å². The topological polar surface area (TPSA) is 80.9 Å². The molecule has 2 heterocycles. The molecule has 2 aromatic heterocycles. The monoisotopic (exact) mass is 394 g/mol. The van der Waals surface area contributed by atoms with Gasteiger partial charge in [0.25, 0.3) is 11.1 Å². The number of aryl methyl sites for hydroxylation is 2. The van der Waals surface area contributed by atoms with Gasteiger partial charge in [-0.2, -0.15) is 0 Å². The quantitative estimate of drug-likeness (QED) is 0.638. The van der Waals surface area contributed by atoms with Crippen molar-refractivity contribution < 1.29 is 9.21 Å². The lowest BCUT2D eigenvalue weighted by Crippen LogP contribution is -2.22. The molecule has 0 saturated heterocycles. The molecule has 0 spiro atoms. The van der Waals surface area contributed by atoms with Gasteiger partial charge in [0.1, 0.15) is 4.88 Å². The van der Waals surface area contributed by atoms with Crippen LogP contribution in [0.2, 0.25) is 5.02 Å². The van der Waals surface area contributed by atoms with E-state index in [4.69, 9.17) is 16.0 Å². The van der Waals surface area contributed by atoms with Crippen molar-refractivity contribution in [3.05, 3.63) is 40.0 Å². The molecule has 0 aliphatic heterocycles. The SMILES string of the molecule is Cc1nc(C)c(-c2nnc(SC(C)C(=O)Nc3ccccc3Cl)o2)s1. The van der Waals surface area contributed by atoms with Crippen molar-refractivity contribution in [2.75, 3.05) is 5.32 Å². The van der Waals surface area contributed by atoms with E-state index in [0.29, 0.717) is 21.8 Å². The van der Waals surface area contributed by atoms with E-state index in [0.717, 1.165) is 15.6 Å². The molecule has 0 radical (unpaired) electrons. The third-order valence-electron chi connectivity index (χ3n) is 3.28. The van der Waals surface area contributed by atoms with Crippen LogP contribution >= 0.6 is 34.7 Å². The number of nitrogens with one attached hydrogen (secondary N) is 1. The predicted molar refractivity (Wildman–Crippen MR) is 100 cm³/mol. The average Bonchev–Trinajstić information content (AvgIpc) is 3.15. The van der Waals surface area contributed by atoms with E-state index in [1.165, 1.54) is 23.1 Å². The maximum absolute atomic E-state index is 12.3. The van der Waals surface area contributed by atoms with Gasteiger partial charge in [-0.1, -0.05) is 35.5 Å². The summed E-state index contributed by atoms with van der Waals surface area (Å²) in [5.74, 6) is 0.229. The van der Waals surface area contributed by atoms with E-state index < -0.39 is 5.25 Å².